The fourth-order valence-electron chi connectivity index (χ4n) is 2.30. The number of likely N-dealkylation sites (tertiary alicyclic amines) is 1. The number of rotatable bonds is 2. The Hall–Kier alpha value is -2.32. The van der Waals surface area contributed by atoms with Crippen LogP contribution in [0.15, 0.2) is 18.2 Å². The van der Waals surface area contributed by atoms with Gasteiger partial charge in [0.15, 0.2) is 0 Å². The third kappa shape index (κ3) is 3.54. The van der Waals surface area contributed by atoms with Gasteiger partial charge in [-0.15, -0.1) is 0 Å². The summed E-state index contributed by atoms with van der Waals surface area (Å²) in [5, 5.41) is 11.1. The minimum atomic E-state index is -4.66. The Morgan fingerprint density at radius 1 is 1.35 bits per heavy atom. The fourth-order valence-corrected chi connectivity index (χ4v) is 2.30. The molecule has 0 saturated carbocycles. The summed E-state index contributed by atoms with van der Waals surface area (Å²) >= 11 is 0. The van der Waals surface area contributed by atoms with E-state index in [1.807, 2.05) is 0 Å². The first-order chi connectivity index (χ1) is 10.5. The van der Waals surface area contributed by atoms with Gasteiger partial charge in [-0.3, -0.25) is 4.79 Å². The van der Waals surface area contributed by atoms with Gasteiger partial charge in [-0.05, 0) is 31.5 Å². The predicted molar refractivity (Wildman–Crippen MR) is 72.4 cm³/mol. The average Bonchev–Trinajstić information content (AvgIpc) is 2.84. The third-order valence-corrected chi connectivity index (χ3v) is 3.81. The van der Waals surface area contributed by atoms with Gasteiger partial charge in [0.1, 0.15) is 5.82 Å². The number of aliphatic carboxylic acids is 1. The van der Waals surface area contributed by atoms with Gasteiger partial charge in [0, 0.05) is 13.1 Å². The van der Waals surface area contributed by atoms with Crippen molar-refractivity contribution in [1.29, 1.82) is 0 Å². The molecule has 1 unspecified atom stereocenters. The number of nitrogens with one attached hydrogen (secondary N) is 1. The molecule has 1 aliphatic rings. The number of alkyl halides is 3. The first-order valence-electron chi connectivity index (χ1n) is 6.69. The molecule has 2 N–H and O–H groups in total. The summed E-state index contributed by atoms with van der Waals surface area (Å²) in [4.78, 5) is 24.3. The molecular formula is C14H14F4N2O3. The van der Waals surface area contributed by atoms with Crippen LogP contribution in [0.25, 0.3) is 0 Å². The van der Waals surface area contributed by atoms with Gasteiger partial charge < -0.3 is 15.3 Å². The zero-order chi connectivity index (χ0) is 17.4. The van der Waals surface area contributed by atoms with Crippen LogP contribution in [0.2, 0.25) is 0 Å². The molecule has 2 rings (SSSR count). The standard InChI is InChI=1S/C14H14F4N2O3/c1-13(11(21)22)4-5-20(7-13)12(23)19-10-6-8(14(16,17)18)2-3-9(10)15/h2-3,6H,4-5,7H2,1H3,(H,19,23)(H,21,22). The van der Waals surface area contributed by atoms with E-state index in [1.54, 1.807) is 0 Å². The number of hydrogen-bond donors (Lipinski definition) is 2. The van der Waals surface area contributed by atoms with Crippen LogP contribution in [0.5, 0.6) is 0 Å². The number of carbonyl (C=O) groups is 2. The Bertz CT molecular complexity index is 647. The Balaban J connectivity index is 2.14. The molecule has 0 aromatic heterocycles. The second-order valence-corrected chi connectivity index (χ2v) is 5.66. The molecule has 1 atom stereocenters. The number of benzene rings is 1. The summed E-state index contributed by atoms with van der Waals surface area (Å²) in [6.07, 6.45) is -4.45. The van der Waals surface area contributed by atoms with Crippen molar-refractivity contribution in [2.75, 3.05) is 18.4 Å². The van der Waals surface area contributed by atoms with Crippen LogP contribution < -0.4 is 5.32 Å². The van der Waals surface area contributed by atoms with E-state index in [0.717, 1.165) is 4.90 Å². The first kappa shape index (κ1) is 17.0. The summed E-state index contributed by atoms with van der Waals surface area (Å²) in [5.74, 6) is -2.08. The van der Waals surface area contributed by atoms with Crippen molar-refractivity contribution in [3.8, 4) is 0 Å². The molecule has 0 aliphatic carbocycles. The number of nitrogens with zero attached hydrogens (tertiary/aromatic N) is 1. The molecule has 1 fully saturated rings. The van der Waals surface area contributed by atoms with E-state index in [1.165, 1.54) is 6.92 Å². The Morgan fingerprint density at radius 2 is 2.00 bits per heavy atom. The Labute approximate surface area is 128 Å². The second kappa shape index (κ2) is 5.71. The number of urea groups is 1. The summed E-state index contributed by atoms with van der Waals surface area (Å²) in [6.45, 7) is 1.48. The minimum Gasteiger partial charge on any atom is -0.481 e. The monoisotopic (exact) mass is 334 g/mol. The maximum Gasteiger partial charge on any atom is 0.416 e. The predicted octanol–water partition coefficient (Wildman–Crippen LogP) is 3.17. The Kier molecular flexibility index (Phi) is 4.23. The van der Waals surface area contributed by atoms with E-state index in [-0.39, 0.29) is 19.5 Å². The van der Waals surface area contributed by atoms with E-state index < -0.39 is 40.7 Å². The SMILES string of the molecule is CC1(C(=O)O)CCN(C(=O)Nc2cc(C(F)(F)F)ccc2F)C1. The molecule has 1 saturated heterocycles. The highest BCUT2D eigenvalue weighted by Gasteiger charge is 2.42. The van der Waals surface area contributed by atoms with Crippen LogP contribution in [-0.4, -0.2) is 35.1 Å². The van der Waals surface area contributed by atoms with E-state index >= 15 is 0 Å². The van der Waals surface area contributed by atoms with Crippen LogP contribution in [-0.2, 0) is 11.0 Å². The number of carboxylic acids is 1. The average molecular weight is 334 g/mol. The van der Waals surface area contributed by atoms with Gasteiger partial charge >= 0.3 is 18.2 Å². The number of hydrogen-bond acceptors (Lipinski definition) is 2. The van der Waals surface area contributed by atoms with Crippen LogP contribution in [0, 0.1) is 11.2 Å². The van der Waals surface area contributed by atoms with Gasteiger partial charge in [-0.25, -0.2) is 9.18 Å². The number of amides is 2. The molecule has 0 spiro atoms. The summed E-state index contributed by atoms with van der Waals surface area (Å²) in [6, 6.07) is 0.847. The molecule has 5 nitrogen and oxygen atoms in total. The van der Waals surface area contributed by atoms with E-state index in [2.05, 4.69) is 5.32 Å². The molecule has 1 aliphatic heterocycles. The number of carboxylic acid groups (broad SMARTS) is 1. The second-order valence-electron chi connectivity index (χ2n) is 5.66. The van der Waals surface area contributed by atoms with Crippen molar-refractivity contribution in [2.45, 2.75) is 19.5 Å². The zero-order valence-corrected chi connectivity index (χ0v) is 12.1. The highest BCUT2D eigenvalue weighted by atomic mass is 19.4. The first-order valence-corrected chi connectivity index (χ1v) is 6.69. The molecule has 2 amide bonds. The minimum absolute atomic E-state index is 0.102. The lowest BCUT2D eigenvalue weighted by atomic mass is 9.90. The number of anilines is 1. The quantitative estimate of drug-likeness (QED) is 0.816. The summed E-state index contributed by atoms with van der Waals surface area (Å²) in [5.41, 5.74) is -2.82. The zero-order valence-electron chi connectivity index (χ0n) is 12.1. The van der Waals surface area contributed by atoms with Crippen molar-refractivity contribution >= 4 is 17.7 Å². The topological polar surface area (TPSA) is 69.6 Å². The van der Waals surface area contributed by atoms with Crippen LogP contribution in [0.3, 0.4) is 0 Å². The van der Waals surface area contributed by atoms with Gasteiger partial charge in [0.05, 0.1) is 16.7 Å². The lowest BCUT2D eigenvalue weighted by Crippen LogP contribution is -2.37. The van der Waals surface area contributed by atoms with Crippen molar-refractivity contribution < 1.29 is 32.3 Å². The molecule has 9 heteroatoms. The normalized spacial score (nSPS) is 21.3. The molecule has 1 aromatic rings. The fraction of sp³-hybridized carbons (Fsp3) is 0.429. The molecular weight excluding hydrogens is 320 g/mol. The Morgan fingerprint density at radius 3 is 2.52 bits per heavy atom. The van der Waals surface area contributed by atoms with E-state index in [4.69, 9.17) is 5.11 Å². The maximum absolute atomic E-state index is 13.6. The molecule has 23 heavy (non-hydrogen) atoms. The molecule has 126 valence electrons. The van der Waals surface area contributed by atoms with Gasteiger partial charge in [-0.2, -0.15) is 13.2 Å². The molecule has 0 radical (unpaired) electrons. The summed E-state index contributed by atoms with van der Waals surface area (Å²) in [7, 11) is 0. The van der Waals surface area contributed by atoms with Gasteiger partial charge in [0.2, 0.25) is 0 Å². The van der Waals surface area contributed by atoms with E-state index in [9.17, 15) is 27.2 Å². The lowest BCUT2D eigenvalue weighted by Gasteiger charge is -2.21. The molecule has 1 heterocycles. The van der Waals surface area contributed by atoms with Gasteiger partial charge in [-0.1, -0.05) is 0 Å². The number of halogens is 4. The third-order valence-electron chi connectivity index (χ3n) is 3.81. The van der Waals surface area contributed by atoms with Crippen LogP contribution >= 0.6 is 0 Å². The van der Waals surface area contributed by atoms with Gasteiger partial charge in [0.25, 0.3) is 0 Å². The van der Waals surface area contributed by atoms with Crippen molar-refractivity contribution in [1.82, 2.24) is 4.90 Å². The smallest absolute Gasteiger partial charge is 0.416 e. The van der Waals surface area contributed by atoms with Crippen molar-refractivity contribution in [3.63, 3.8) is 0 Å². The summed E-state index contributed by atoms with van der Waals surface area (Å²) < 4.78 is 51.4. The highest BCUT2D eigenvalue weighted by molar-refractivity contribution is 5.90. The lowest BCUT2D eigenvalue weighted by molar-refractivity contribution is -0.147. The van der Waals surface area contributed by atoms with Crippen molar-refractivity contribution in [2.24, 2.45) is 5.41 Å². The molecule has 0 bridgehead atoms. The van der Waals surface area contributed by atoms with Crippen LogP contribution in [0.4, 0.5) is 28.0 Å². The highest BCUT2D eigenvalue weighted by Crippen LogP contribution is 2.33. The largest absolute Gasteiger partial charge is 0.481 e. The van der Waals surface area contributed by atoms with Crippen molar-refractivity contribution in [3.05, 3.63) is 29.6 Å². The molecule has 1 aromatic carbocycles. The van der Waals surface area contributed by atoms with E-state index in [0.29, 0.717) is 18.2 Å². The maximum atomic E-state index is 13.6. The number of carbonyl (C=O) groups excluding carboxylic acids is 1. The van der Waals surface area contributed by atoms with Crippen LogP contribution in [0.1, 0.15) is 18.9 Å².